The van der Waals surface area contributed by atoms with Crippen molar-refractivity contribution in [2.24, 2.45) is 0 Å². The van der Waals surface area contributed by atoms with Crippen molar-refractivity contribution in [2.75, 3.05) is 20.3 Å². The summed E-state index contributed by atoms with van der Waals surface area (Å²) in [5.74, 6) is -0.189. The molecule has 0 heterocycles. The highest BCUT2D eigenvalue weighted by Gasteiger charge is 2.12. The van der Waals surface area contributed by atoms with Gasteiger partial charge in [0, 0.05) is 6.61 Å². The average molecular weight is 225 g/mol. The second kappa shape index (κ2) is 6.61. The third kappa shape index (κ3) is 3.58. The number of hydrogen-bond donors (Lipinski definition) is 1. The fraction of sp³-hybridized carbons (Fsp3) is 0.538. The van der Waals surface area contributed by atoms with Crippen LogP contribution in [0.25, 0.3) is 0 Å². The van der Waals surface area contributed by atoms with E-state index in [1.54, 1.807) is 6.07 Å². The van der Waals surface area contributed by atoms with Gasteiger partial charge in [-0.1, -0.05) is 13.0 Å². The van der Waals surface area contributed by atoms with E-state index in [2.05, 4.69) is 12.2 Å². The van der Waals surface area contributed by atoms with Gasteiger partial charge in [0.05, 0.1) is 12.6 Å². The van der Waals surface area contributed by atoms with E-state index in [1.807, 2.05) is 20.0 Å². The SMILES string of the molecule is CCCOCC(NC)c1ccc(F)cc1C. The van der Waals surface area contributed by atoms with E-state index in [4.69, 9.17) is 4.74 Å². The molecule has 0 fully saturated rings. The molecule has 1 N–H and O–H groups in total. The van der Waals surface area contributed by atoms with Crippen LogP contribution in [0.2, 0.25) is 0 Å². The molecule has 3 heteroatoms. The van der Waals surface area contributed by atoms with Crippen LogP contribution in [-0.2, 0) is 4.74 Å². The van der Waals surface area contributed by atoms with Crippen molar-refractivity contribution in [1.29, 1.82) is 0 Å². The van der Waals surface area contributed by atoms with Gasteiger partial charge in [-0.15, -0.1) is 0 Å². The average Bonchev–Trinajstić information content (AvgIpc) is 2.26. The smallest absolute Gasteiger partial charge is 0.123 e. The third-order valence-corrected chi connectivity index (χ3v) is 2.59. The van der Waals surface area contributed by atoms with Gasteiger partial charge in [-0.2, -0.15) is 0 Å². The molecule has 16 heavy (non-hydrogen) atoms. The Morgan fingerprint density at radius 3 is 2.75 bits per heavy atom. The van der Waals surface area contributed by atoms with Gasteiger partial charge in [0.15, 0.2) is 0 Å². The molecule has 1 aromatic carbocycles. The zero-order chi connectivity index (χ0) is 12.0. The molecule has 90 valence electrons. The van der Waals surface area contributed by atoms with Gasteiger partial charge in [-0.25, -0.2) is 4.39 Å². The van der Waals surface area contributed by atoms with Crippen molar-refractivity contribution in [3.8, 4) is 0 Å². The van der Waals surface area contributed by atoms with Crippen molar-refractivity contribution in [2.45, 2.75) is 26.3 Å². The van der Waals surface area contributed by atoms with Crippen LogP contribution in [0.4, 0.5) is 4.39 Å². The van der Waals surface area contributed by atoms with Crippen molar-refractivity contribution in [3.05, 3.63) is 35.1 Å². The molecule has 0 aliphatic carbocycles. The summed E-state index contributed by atoms with van der Waals surface area (Å²) in [6.45, 7) is 5.38. The molecule has 0 aliphatic rings. The lowest BCUT2D eigenvalue weighted by Crippen LogP contribution is -2.23. The lowest BCUT2D eigenvalue weighted by Gasteiger charge is -2.18. The van der Waals surface area contributed by atoms with Crippen molar-refractivity contribution >= 4 is 0 Å². The van der Waals surface area contributed by atoms with E-state index in [0.717, 1.165) is 24.2 Å². The zero-order valence-corrected chi connectivity index (χ0v) is 10.2. The Labute approximate surface area is 96.8 Å². The first-order valence-corrected chi connectivity index (χ1v) is 5.70. The summed E-state index contributed by atoms with van der Waals surface area (Å²) in [6, 6.07) is 5.00. The molecule has 0 saturated carbocycles. The standard InChI is InChI=1S/C13H20FNO/c1-4-7-16-9-13(15-3)12-6-5-11(14)8-10(12)2/h5-6,8,13,15H,4,7,9H2,1-3H3. The topological polar surface area (TPSA) is 21.3 Å². The van der Waals surface area contributed by atoms with E-state index in [-0.39, 0.29) is 11.9 Å². The van der Waals surface area contributed by atoms with E-state index in [1.165, 1.54) is 6.07 Å². The Balaban J connectivity index is 2.70. The van der Waals surface area contributed by atoms with Crippen LogP contribution in [0, 0.1) is 12.7 Å². The highest BCUT2D eigenvalue weighted by atomic mass is 19.1. The lowest BCUT2D eigenvalue weighted by atomic mass is 10.0. The molecule has 0 aliphatic heterocycles. The van der Waals surface area contributed by atoms with Gasteiger partial charge in [0.25, 0.3) is 0 Å². The molecule has 0 bridgehead atoms. The summed E-state index contributed by atoms with van der Waals surface area (Å²) in [5, 5.41) is 3.19. The van der Waals surface area contributed by atoms with Gasteiger partial charge in [0.1, 0.15) is 5.82 Å². The molecule has 2 nitrogen and oxygen atoms in total. The van der Waals surface area contributed by atoms with Gasteiger partial charge in [-0.3, -0.25) is 0 Å². The van der Waals surface area contributed by atoms with Crippen LogP contribution in [0.15, 0.2) is 18.2 Å². The summed E-state index contributed by atoms with van der Waals surface area (Å²) >= 11 is 0. The maximum absolute atomic E-state index is 13.0. The normalized spacial score (nSPS) is 12.8. The van der Waals surface area contributed by atoms with Gasteiger partial charge in [0.2, 0.25) is 0 Å². The Kier molecular flexibility index (Phi) is 5.43. The number of ether oxygens (including phenoxy) is 1. The van der Waals surface area contributed by atoms with Crippen LogP contribution in [0.5, 0.6) is 0 Å². The molecular formula is C13H20FNO. The molecule has 1 aromatic rings. The number of likely N-dealkylation sites (N-methyl/N-ethyl adjacent to an activating group) is 1. The Morgan fingerprint density at radius 1 is 1.44 bits per heavy atom. The van der Waals surface area contributed by atoms with Crippen LogP contribution < -0.4 is 5.32 Å². The molecule has 1 rings (SSSR count). The molecular weight excluding hydrogens is 205 g/mol. The van der Waals surface area contributed by atoms with Crippen molar-refractivity contribution < 1.29 is 9.13 Å². The minimum atomic E-state index is -0.189. The number of rotatable bonds is 6. The van der Waals surface area contributed by atoms with Gasteiger partial charge < -0.3 is 10.1 Å². The quantitative estimate of drug-likeness (QED) is 0.752. The van der Waals surface area contributed by atoms with Crippen LogP contribution >= 0.6 is 0 Å². The predicted molar refractivity (Wildman–Crippen MR) is 64.0 cm³/mol. The van der Waals surface area contributed by atoms with Crippen molar-refractivity contribution in [3.63, 3.8) is 0 Å². The van der Waals surface area contributed by atoms with E-state index < -0.39 is 0 Å². The predicted octanol–water partition coefficient (Wildman–Crippen LogP) is 2.82. The molecule has 0 saturated heterocycles. The van der Waals surface area contributed by atoms with Crippen LogP contribution in [0.3, 0.4) is 0 Å². The van der Waals surface area contributed by atoms with Gasteiger partial charge >= 0.3 is 0 Å². The summed E-state index contributed by atoms with van der Waals surface area (Å²) < 4.78 is 18.5. The minimum absolute atomic E-state index is 0.132. The second-order valence-corrected chi connectivity index (χ2v) is 3.92. The Bertz CT molecular complexity index is 328. The first-order chi connectivity index (χ1) is 7.69. The largest absolute Gasteiger partial charge is 0.379 e. The van der Waals surface area contributed by atoms with Gasteiger partial charge in [-0.05, 0) is 43.7 Å². The zero-order valence-electron chi connectivity index (χ0n) is 10.2. The van der Waals surface area contributed by atoms with Crippen LogP contribution in [0.1, 0.15) is 30.5 Å². The summed E-state index contributed by atoms with van der Waals surface area (Å²) in [5.41, 5.74) is 2.06. The fourth-order valence-corrected chi connectivity index (χ4v) is 1.70. The number of hydrogen-bond acceptors (Lipinski definition) is 2. The maximum atomic E-state index is 13.0. The van der Waals surface area contributed by atoms with E-state index in [0.29, 0.717) is 6.61 Å². The first kappa shape index (κ1) is 13.1. The number of benzene rings is 1. The van der Waals surface area contributed by atoms with Crippen molar-refractivity contribution in [1.82, 2.24) is 5.32 Å². The minimum Gasteiger partial charge on any atom is -0.379 e. The number of halogens is 1. The van der Waals surface area contributed by atoms with Crippen LogP contribution in [-0.4, -0.2) is 20.3 Å². The number of aryl methyl sites for hydroxylation is 1. The molecule has 0 radical (unpaired) electrons. The lowest BCUT2D eigenvalue weighted by molar-refractivity contribution is 0.114. The maximum Gasteiger partial charge on any atom is 0.123 e. The summed E-state index contributed by atoms with van der Waals surface area (Å²) in [6.07, 6.45) is 1.01. The highest BCUT2D eigenvalue weighted by Crippen LogP contribution is 2.18. The Hall–Kier alpha value is -0.930. The third-order valence-electron chi connectivity index (χ3n) is 2.59. The summed E-state index contributed by atoms with van der Waals surface area (Å²) in [4.78, 5) is 0. The highest BCUT2D eigenvalue weighted by molar-refractivity contribution is 5.29. The molecule has 0 aromatic heterocycles. The molecule has 0 spiro atoms. The fourth-order valence-electron chi connectivity index (χ4n) is 1.70. The second-order valence-electron chi connectivity index (χ2n) is 3.92. The van der Waals surface area contributed by atoms with E-state index in [9.17, 15) is 4.39 Å². The Morgan fingerprint density at radius 2 is 2.19 bits per heavy atom. The monoisotopic (exact) mass is 225 g/mol. The first-order valence-electron chi connectivity index (χ1n) is 5.70. The molecule has 1 atom stereocenters. The number of nitrogens with one attached hydrogen (secondary N) is 1. The molecule has 0 amide bonds. The van der Waals surface area contributed by atoms with E-state index >= 15 is 0 Å². The summed E-state index contributed by atoms with van der Waals surface area (Å²) in [7, 11) is 1.89. The molecule has 1 unspecified atom stereocenters.